The van der Waals surface area contributed by atoms with Gasteiger partial charge in [-0.2, -0.15) is 0 Å². The van der Waals surface area contributed by atoms with Crippen molar-refractivity contribution in [1.82, 2.24) is 20.4 Å². The van der Waals surface area contributed by atoms with Crippen molar-refractivity contribution in [2.24, 2.45) is 0 Å². The Bertz CT molecular complexity index is 283. The fourth-order valence-corrected chi connectivity index (χ4v) is 1.96. The van der Waals surface area contributed by atoms with E-state index in [0.717, 1.165) is 0 Å². The van der Waals surface area contributed by atoms with Gasteiger partial charge in [-0.3, -0.25) is 0 Å². The fourth-order valence-electron chi connectivity index (χ4n) is 1.96. The predicted molar refractivity (Wildman–Crippen MR) is 65.9 cm³/mol. The van der Waals surface area contributed by atoms with Crippen molar-refractivity contribution in [3.63, 3.8) is 0 Å². The molecule has 0 saturated carbocycles. The minimum absolute atomic E-state index is 0.0458. The third kappa shape index (κ3) is 3.51. The van der Waals surface area contributed by atoms with Gasteiger partial charge in [0.15, 0.2) is 0 Å². The van der Waals surface area contributed by atoms with E-state index in [0.29, 0.717) is 32.7 Å². The SMILES string of the molecule is CCNC(=O)N1CCN(C(=O)NCC)[C@@H](C)C1. The summed E-state index contributed by atoms with van der Waals surface area (Å²) in [6.07, 6.45) is 0. The lowest BCUT2D eigenvalue weighted by Crippen LogP contribution is -2.59. The minimum atomic E-state index is -0.0464. The van der Waals surface area contributed by atoms with E-state index in [9.17, 15) is 9.59 Å². The van der Waals surface area contributed by atoms with Crippen molar-refractivity contribution >= 4 is 12.1 Å². The van der Waals surface area contributed by atoms with Crippen LogP contribution in [0.25, 0.3) is 0 Å². The molecule has 6 heteroatoms. The van der Waals surface area contributed by atoms with Gasteiger partial charge in [0.1, 0.15) is 0 Å². The van der Waals surface area contributed by atoms with Crippen LogP contribution in [0.5, 0.6) is 0 Å². The number of hydrogen-bond acceptors (Lipinski definition) is 2. The van der Waals surface area contributed by atoms with Gasteiger partial charge in [0.05, 0.1) is 0 Å². The molecule has 0 unspecified atom stereocenters. The van der Waals surface area contributed by atoms with E-state index in [2.05, 4.69) is 10.6 Å². The topological polar surface area (TPSA) is 64.7 Å². The minimum Gasteiger partial charge on any atom is -0.338 e. The number of urea groups is 2. The molecule has 1 rings (SSSR count). The first-order chi connectivity index (χ1) is 8.10. The van der Waals surface area contributed by atoms with Crippen LogP contribution in [0.2, 0.25) is 0 Å². The van der Waals surface area contributed by atoms with Crippen LogP contribution in [0, 0.1) is 0 Å². The molecular weight excluding hydrogens is 220 g/mol. The molecule has 1 aliphatic rings. The van der Waals surface area contributed by atoms with Gasteiger partial charge in [0, 0.05) is 38.8 Å². The van der Waals surface area contributed by atoms with Crippen LogP contribution < -0.4 is 10.6 Å². The van der Waals surface area contributed by atoms with E-state index < -0.39 is 0 Å². The molecule has 0 radical (unpaired) electrons. The summed E-state index contributed by atoms with van der Waals surface area (Å²) >= 11 is 0. The third-order valence-corrected chi connectivity index (χ3v) is 2.83. The Balaban J connectivity index is 2.49. The molecule has 0 aromatic carbocycles. The Morgan fingerprint density at radius 3 is 2.24 bits per heavy atom. The lowest BCUT2D eigenvalue weighted by atomic mass is 10.2. The Morgan fingerprint density at radius 1 is 1.12 bits per heavy atom. The van der Waals surface area contributed by atoms with Gasteiger partial charge in [-0.25, -0.2) is 9.59 Å². The lowest BCUT2D eigenvalue weighted by Gasteiger charge is -2.39. The first kappa shape index (κ1) is 13.6. The van der Waals surface area contributed by atoms with Crippen LogP contribution in [0.1, 0.15) is 20.8 Å². The Labute approximate surface area is 102 Å². The number of carbonyl (C=O) groups excluding carboxylic acids is 2. The van der Waals surface area contributed by atoms with Crippen molar-refractivity contribution in [2.45, 2.75) is 26.8 Å². The highest BCUT2D eigenvalue weighted by Crippen LogP contribution is 2.09. The van der Waals surface area contributed by atoms with E-state index in [-0.39, 0.29) is 18.1 Å². The maximum absolute atomic E-state index is 11.7. The summed E-state index contributed by atoms with van der Waals surface area (Å²) in [5.74, 6) is 0. The zero-order valence-electron chi connectivity index (χ0n) is 10.8. The van der Waals surface area contributed by atoms with E-state index in [1.54, 1.807) is 9.80 Å². The van der Waals surface area contributed by atoms with Crippen molar-refractivity contribution in [1.29, 1.82) is 0 Å². The molecule has 0 aliphatic carbocycles. The lowest BCUT2D eigenvalue weighted by molar-refractivity contribution is 0.112. The van der Waals surface area contributed by atoms with Gasteiger partial charge in [-0.1, -0.05) is 0 Å². The standard InChI is InChI=1S/C11H22N4O2/c1-4-12-10(16)14-6-7-15(9(3)8-14)11(17)13-5-2/h9H,4-8H2,1-3H3,(H,12,16)(H,13,17)/t9-/m0/s1. The van der Waals surface area contributed by atoms with E-state index in [4.69, 9.17) is 0 Å². The molecule has 17 heavy (non-hydrogen) atoms. The second-order valence-corrected chi connectivity index (χ2v) is 4.16. The summed E-state index contributed by atoms with van der Waals surface area (Å²) in [4.78, 5) is 26.9. The molecule has 1 saturated heterocycles. The van der Waals surface area contributed by atoms with Gasteiger partial charge in [-0.15, -0.1) is 0 Å². The Morgan fingerprint density at radius 2 is 1.71 bits per heavy atom. The van der Waals surface area contributed by atoms with Gasteiger partial charge < -0.3 is 20.4 Å². The van der Waals surface area contributed by atoms with Gasteiger partial charge in [0.25, 0.3) is 0 Å². The largest absolute Gasteiger partial charge is 0.338 e. The Kier molecular flexibility index (Phi) is 5.06. The van der Waals surface area contributed by atoms with E-state index in [1.807, 2.05) is 20.8 Å². The molecule has 0 spiro atoms. The van der Waals surface area contributed by atoms with Crippen molar-refractivity contribution in [3.8, 4) is 0 Å². The quantitative estimate of drug-likeness (QED) is 0.738. The van der Waals surface area contributed by atoms with Gasteiger partial charge >= 0.3 is 12.1 Å². The molecular formula is C11H22N4O2. The van der Waals surface area contributed by atoms with Crippen molar-refractivity contribution in [3.05, 3.63) is 0 Å². The van der Waals surface area contributed by atoms with Crippen molar-refractivity contribution < 1.29 is 9.59 Å². The summed E-state index contributed by atoms with van der Waals surface area (Å²) in [6, 6.07) is -0.0386. The van der Waals surface area contributed by atoms with Crippen LogP contribution in [0.4, 0.5) is 9.59 Å². The number of nitrogens with zero attached hydrogens (tertiary/aromatic N) is 2. The van der Waals surface area contributed by atoms with E-state index >= 15 is 0 Å². The van der Waals surface area contributed by atoms with Crippen LogP contribution in [0.3, 0.4) is 0 Å². The van der Waals surface area contributed by atoms with Crippen molar-refractivity contribution in [2.75, 3.05) is 32.7 Å². The first-order valence-electron chi connectivity index (χ1n) is 6.17. The zero-order chi connectivity index (χ0) is 12.8. The molecule has 4 amide bonds. The number of carbonyl (C=O) groups is 2. The average molecular weight is 242 g/mol. The molecule has 0 aromatic heterocycles. The summed E-state index contributed by atoms with van der Waals surface area (Å²) in [7, 11) is 0. The number of piperazine rings is 1. The van der Waals surface area contributed by atoms with Gasteiger partial charge in [0.2, 0.25) is 0 Å². The average Bonchev–Trinajstić information content (AvgIpc) is 2.29. The molecule has 98 valence electrons. The Hall–Kier alpha value is -1.46. The fraction of sp³-hybridized carbons (Fsp3) is 0.818. The summed E-state index contributed by atoms with van der Waals surface area (Å²) < 4.78 is 0. The number of rotatable bonds is 2. The second-order valence-electron chi connectivity index (χ2n) is 4.16. The molecule has 1 heterocycles. The molecule has 0 aromatic rings. The highest BCUT2D eigenvalue weighted by Gasteiger charge is 2.29. The van der Waals surface area contributed by atoms with Crippen LogP contribution in [-0.4, -0.2) is 60.6 Å². The highest BCUT2D eigenvalue weighted by molar-refractivity contribution is 5.76. The number of amides is 4. The predicted octanol–water partition coefficient (Wildman–Crippen LogP) is 0.452. The maximum atomic E-state index is 11.7. The normalized spacial score (nSPS) is 20.1. The number of hydrogen-bond donors (Lipinski definition) is 2. The monoisotopic (exact) mass is 242 g/mol. The summed E-state index contributed by atoms with van der Waals surface area (Å²) in [5, 5.41) is 5.56. The van der Waals surface area contributed by atoms with Gasteiger partial charge in [-0.05, 0) is 20.8 Å². The smallest absolute Gasteiger partial charge is 0.317 e. The zero-order valence-corrected chi connectivity index (χ0v) is 10.8. The maximum Gasteiger partial charge on any atom is 0.317 e. The molecule has 2 N–H and O–H groups in total. The van der Waals surface area contributed by atoms with Crippen LogP contribution in [0.15, 0.2) is 0 Å². The summed E-state index contributed by atoms with van der Waals surface area (Å²) in [5.41, 5.74) is 0. The molecule has 1 aliphatic heterocycles. The molecule has 1 fully saturated rings. The molecule has 0 bridgehead atoms. The van der Waals surface area contributed by atoms with Crippen LogP contribution in [-0.2, 0) is 0 Å². The molecule has 1 atom stereocenters. The first-order valence-corrected chi connectivity index (χ1v) is 6.17. The third-order valence-electron chi connectivity index (χ3n) is 2.83. The van der Waals surface area contributed by atoms with E-state index in [1.165, 1.54) is 0 Å². The highest BCUT2D eigenvalue weighted by atomic mass is 16.2. The molecule has 6 nitrogen and oxygen atoms in total. The summed E-state index contributed by atoms with van der Waals surface area (Å²) in [6.45, 7) is 8.77. The second kappa shape index (κ2) is 6.32. The van der Waals surface area contributed by atoms with Crippen LogP contribution >= 0.6 is 0 Å². The number of nitrogens with one attached hydrogen (secondary N) is 2.